The Hall–Kier alpha value is -0.160. The molecule has 0 N–H and O–H groups in total. The van der Waals surface area contributed by atoms with Crippen molar-refractivity contribution < 1.29 is 0 Å². The summed E-state index contributed by atoms with van der Waals surface area (Å²) in [7, 11) is 0. The predicted molar refractivity (Wildman–Crippen MR) is 217 cm³/mol. The molecule has 0 spiro atoms. The number of hydrogen-bond acceptors (Lipinski definition) is 4. The molecule has 4 aliphatic rings. The standard InChI is InChI=1S/4C11H23N/c2*1-9(2)11-5-7-12(8-6-11)10(3)4;1-9(2)11-6-5-7-12(8-11)10(3)4;1-9(2)11-7-5-6-8-12(11)10(3)4/h4*9-11H,5-8H2,1-4H3. The van der Waals surface area contributed by atoms with E-state index in [0.717, 1.165) is 71.6 Å². The third-order valence-corrected chi connectivity index (χ3v) is 12.7. The molecule has 0 aromatic rings. The van der Waals surface area contributed by atoms with E-state index in [1.807, 2.05) is 0 Å². The van der Waals surface area contributed by atoms with E-state index >= 15 is 0 Å². The van der Waals surface area contributed by atoms with Gasteiger partial charge in [0.15, 0.2) is 0 Å². The molecule has 0 aliphatic carbocycles. The first kappa shape index (κ1) is 45.9. The van der Waals surface area contributed by atoms with Gasteiger partial charge in [0.25, 0.3) is 0 Å². The van der Waals surface area contributed by atoms with Gasteiger partial charge in [-0.05, 0) is 187 Å². The van der Waals surface area contributed by atoms with Gasteiger partial charge in [-0.2, -0.15) is 0 Å². The normalized spacial score (nSPS) is 24.8. The van der Waals surface area contributed by atoms with E-state index < -0.39 is 0 Å². The maximum Gasteiger partial charge on any atom is 0.0121 e. The molecule has 0 bridgehead atoms. The van der Waals surface area contributed by atoms with Crippen LogP contribution in [0.2, 0.25) is 0 Å². The zero-order chi connectivity index (χ0) is 36.6. The smallest absolute Gasteiger partial charge is 0.0121 e. The molecule has 2 unspecified atom stereocenters. The number of rotatable bonds is 8. The highest BCUT2D eigenvalue weighted by molar-refractivity contribution is 4.82. The summed E-state index contributed by atoms with van der Waals surface area (Å²) >= 11 is 0. The largest absolute Gasteiger partial charge is 0.301 e. The van der Waals surface area contributed by atoms with Crippen LogP contribution in [-0.2, 0) is 0 Å². The first-order valence-corrected chi connectivity index (χ1v) is 21.4. The molecule has 0 radical (unpaired) electrons. The van der Waals surface area contributed by atoms with E-state index in [-0.39, 0.29) is 0 Å². The fraction of sp³-hybridized carbons (Fsp3) is 1.00. The molecule has 0 saturated carbocycles. The monoisotopic (exact) mass is 677 g/mol. The minimum atomic E-state index is 0.734. The third-order valence-electron chi connectivity index (χ3n) is 12.7. The van der Waals surface area contributed by atoms with Gasteiger partial charge in [-0.1, -0.05) is 61.8 Å². The van der Waals surface area contributed by atoms with Crippen molar-refractivity contribution in [1.82, 2.24) is 19.6 Å². The molecule has 0 aromatic carbocycles. The Morgan fingerprint density at radius 2 is 0.750 bits per heavy atom. The third kappa shape index (κ3) is 17.4. The number of nitrogens with zero attached hydrogens (tertiary/aromatic N) is 4. The lowest BCUT2D eigenvalue weighted by molar-refractivity contribution is 0.0808. The van der Waals surface area contributed by atoms with Gasteiger partial charge in [0.05, 0.1) is 0 Å². The fourth-order valence-electron chi connectivity index (χ4n) is 8.60. The van der Waals surface area contributed by atoms with Crippen molar-refractivity contribution in [2.45, 2.75) is 199 Å². The van der Waals surface area contributed by atoms with Crippen LogP contribution in [0.3, 0.4) is 0 Å². The van der Waals surface area contributed by atoms with Crippen molar-refractivity contribution in [3.05, 3.63) is 0 Å². The first-order chi connectivity index (χ1) is 22.5. The topological polar surface area (TPSA) is 13.0 Å². The lowest BCUT2D eigenvalue weighted by Gasteiger charge is -2.40. The molecule has 4 rings (SSSR count). The van der Waals surface area contributed by atoms with Crippen molar-refractivity contribution in [2.24, 2.45) is 41.4 Å². The Kier molecular flexibility index (Phi) is 23.1. The van der Waals surface area contributed by atoms with Gasteiger partial charge in [0, 0.05) is 36.8 Å². The van der Waals surface area contributed by atoms with Crippen molar-refractivity contribution in [2.75, 3.05) is 45.8 Å². The molecule has 48 heavy (non-hydrogen) atoms. The Labute approximate surface area is 304 Å². The minimum absolute atomic E-state index is 0.734. The highest BCUT2D eigenvalue weighted by Crippen LogP contribution is 2.27. The quantitative estimate of drug-likeness (QED) is 0.254. The van der Waals surface area contributed by atoms with E-state index in [1.54, 1.807) is 0 Å². The average Bonchev–Trinajstić information content (AvgIpc) is 3.05. The molecule has 4 heteroatoms. The van der Waals surface area contributed by atoms with Gasteiger partial charge in [0.1, 0.15) is 0 Å². The van der Waals surface area contributed by atoms with Crippen LogP contribution in [0.25, 0.3) is 0 Å². The molecule has 0 amide bonds. The van der Waals surface area contributed by atoms with Crippen LogP contribution >= 0.6 is 0 Å². The number of hydrogen-bond donors (Lipinski definition) is 0. The van der Waals surface area contributed by atoms with Crippen LogP contribution in [0.15, 0.2) is 0 Å². The minimum Gasteiger partial charge on any atom is -0.301 e. The molecule has 4 aliphatic heterocycles. The molecule has 2 atom stereocenters. The van der Waals surface area contributed by atoms with Crippen molar-refractivity contribution in [3.63, 3.8) is 0 Å². The molecule has 4 heterocycles. The summed E-state index contributed by atoms with van der Waals surface area (Å²) in [5, 5.41) is 0. The molecule has 4 nitrogen and oxygen atoms in total. The van der Waals surface area contributed by atoms with Crippen LogP contribution in [0, 0.1) is 41.4 Å². The summed E-state index contributed by atoms with van der Waals surface area (Å²) in [5.41, 5.74) is 0. The van der Waals surface area contributed by atoms with Gasteiger partial charge in [-0.25, -0.2) is 0 Å². The molecule has 4 saturated heterocycles. The number of likely N-dealkylation sites (tertiary alicyclic amines) is 4. The number of piperidine rings is 4. The fourth-order valence-corrected chi connectivity index (χ4v) is 8.60. The summed E-state index contributed by atoms with van der Waals surface area (Å²) in [5.74, 6) is 6.39. The summed E-state index contributed by atoms with van der Waals surface area (Å²) < 4.78 is 0. The Morgan fingerprint density at radius 3 is 1.06 bits per heavy atom. The second-order valence-corrected chi connectivity index (χ2v) is 18.8. The van der Waals surface area contributed by atoms with Crippen LogP contribution in [-0.4, -0.2) is 95.6 Å². The van der Waals surface area contributed by atoms with E-state index in [9.17, 15) is 0 Å². The Balaban J connectivity index is 0.000000320. The van der Waals surface area contributed by atoms with Gasteiger partial charge < -0.3 is 14.7 Å². The van der Waals surface area contributed by atoms with Crippen LogP contribution < -0.4 is 0 Å². The van der Waals surface area contributed by atoms with Crippen molar-refractivity contribution >= 4 is 0 Å². The summed E-state index contributed by atoms with van der Waals surface area (Å²) in [6.07, 6.45) is 12.8. The summed E-state index contributed by atoms with van der Waals surface area (Å²) in [4.78, 5) is 10.5. The highest BCUT2D eigenvalue weighted by atomic mass is 15.2. The average molecular weight is 677 g/mol. The summed E-state index contributed by atoms with van der Waals surface area (Å²) in [6.45, 7) is 46.6. The predicted octanol–water partition coefficient (Wildman–Crippen LogP) is 11.2. The van der Waals surface area contributed by atoms with Crippen LogP contribution in [0.4, 0.5) is 0 Å². The Morgan fingerprint density at radius 1 is 0.333 bits per heavy atom. The Bertz CT molecular complexity index is 662. The van der Waals surface area contributed by atoms with Gasteiger partial charge >= 0.3 is 0 Å². The van der Waals surface area contributed by atoms with E-state index in [4.69, 9.17) is 0 Å². The molecule has 4 fully saturated rings. The lowest BCUT2D eigenvalue weighted by atomic mass is 9.86. The van der Waals surface area contributed by atoms with Gasteiger partial charge in [0.2, 0.25) is 0 Å². The van der Waals surface area contributed by atoms with Crippen molar-refractivity contribution in [1.29, 1.82) is 0 Å². The summed E-state index contributed by atoms with van der Waals surface area (Å²) in [6, 6.07) is 3.82. The van der Waals surface area contributed by atoms with E-state index in [1.165, 1.54) is 104 Å². The van der Waals surface area contributed by atoms with Crippen LogP contribution in [0.5, 0.6) is 0 Å². The second-order valence-electron chi connectivity index (χ2n) is 18.8. The molecular formula is C44H92N4. The zero-order valence-electron chi connectivity index (χ0n) is 36.0. The first-order valence-electron chi connectivity index (χ1n) is 21.4. The zero-order valence-corrected chi connectivity index (χ0v) is 36.0. The molecule has 0 aromatic heterocycles. The van der Waals surface area contributed by atoms with Gasteiger partial charge in [-0.3, -0.25) is 4.90 Å². The molecule has 288 valence electrons. The lowest BCUT2D eigenvalue weighted by Crippen LogP contribution is -2.46. The maximum atomic E-state index is 2.67. The van der Waals surface area contributed by atoms with E-state index in [0.29, 0.717) is 0 Å². The second kappa shape index (κ2) is 24.2. The van der Waals surface area contributed by atoms with E-state index in [2.05, 4.69) is 130 Å². The van der Waals surface area contributed by atoms with Gasteiger partial charge in [-0.15, -0.1) is 0 Å². The SMILES string of the molecule is CC(C)C1CCCCN1C(C)C.CC(C)C1CCCN(C(C)C)C1.CC(C)C1CCN(C(C)C)CC1.CC(C)C1CCN(C(C)C)CC1. The molecular weight excluding hydrogens is 585 g/mol. The maximum absolute atomic E-state index is 2.67. The highest BCUT2D eigenvalue weighted by Gasteiger charge is 2.27. The van der Waals surface area contributed by atoms with Crippen LogP contribution in [0.1, 0.15) is 169 Å². The van der Waals surface area contributed by atoms with Crippen molar-refractivity contribution in [3.8, 4) is 0 Å².